The number of carbonyl (C=O) groups excluding carboxylic acids is 1. The average molecular weight is 318 g/mol. The molecule has 0 radical (unpaired) electrons. The summed E-state index contributed by atoms with van der Waals surface area (Å²) >= 11 is 3.23. The van der Waals surface area contributed by atoms with Gasteiger partial charge in [0, 0.05) is 9.75 Å². The van der Waals surface area contributed by atoms with Gasteiger partial charge in [-0.15, -0.1) is 22.7 Å². The second kappa shape index (κ2) is 6.12. The molecule has 0 aromatic carbocycles. The summed E-state index contributed by atoms with van der Waals surface area (Å²) in [5.74, 6) is 0.621. The lowest BCUT2D eigenvalue weighted by Gasteiger charge is -2.16. The first kappa shape index (κ1) is 14.5. The quantitative estimate of drug-likeness (QED) is 0.674. The molecular weight excluding hydrogens is 300 g/mol. The van der Waals surface area contributed by atoms with Gasteiger partial charge in [-0.3, -0.25) is 4.79 Å². The van der Waals surface area contributed by atoms with E-state index in [1.807, 2.05) is 24.4 Å². The third kappa shape index (κ3) is 3.24. The van der Waals surface area contributed by atoms with Crippen LogP contribution in [0.1, 0.15) is 43.9 Å². The number of aryl methyl sites for hydroxylation is 2. The maximum Gasteiger partial charge on any atom is 0.281 e. The van der Waals surface area contributed by atoms with Crippen molar-refractivity contribution in [3.63, 3.8) is 0 Å². The first-order valence-electron chi connectivity index (χ1n) is 7.12. The lowest BCUT2D eigenvalue weighted by Crippen LogP contribution is -2.16. The van der Waals surface area contributed by atoms with Gasteiger partial charge in [0.05, 0.1) is 11.1 Å². The highest BCUT2D eigenvalue weighted by molar-refractivity contribution is 7.14. The van der Waals surface area contributed by atoms with Crippen LogP contribution in [0.4, 0.5) is 0 Å². The van der Waals surface area contributed by atoms with Gasteiger partial charge in [-0.2, -0.15) is 5.10 Å². The van der Waals surface area contributed by atoms with E-state index < -0.39 is 0 Å². The van der Waals surface area contributed by atoms with E-state index in [9.17, 15) is 4.79 Å². The molecule has 0 fully saturated rings. The number of carbonyl (C=O) groups is 1. The Labute approximate surface area is 132 Å². The number of hydrazone groups is 1. The number of thiophene rings is 2. The minimum absolute atomic E-state index is 0.104. The molecule has 3 nitrogen and oxygen atoms in total. The van der Waals surface area contributed by atoms with Gasteiger partial charge in [0.15, 0.2) is 0 Å². The summed E-state index contributed by atoms with van der Waals surface area (Å²) in [5.41, 5.74) is 5.16. The summed E-state index contributed by atoms with van der Waals surface area (Å²) in [6.07, 6.45) is 5.14. The Hall–Kier alpha value is -1.46. The van der Waals surface area contributed by atoms with Crippen molar-refractivity contribution in [3.05, 3.63) is 43.3 Å². The van der Waals surface area contributed by atoms with E-state index in [1.54, 1.807) is 28.9 Å². The highest BCUT2D eigenvalue weighted by Gasteiger charge is 2.20. The summed E-state index contributed by atoms with van der Waals surface area (Å²) < 4.78 is 0. The zero-order valence-corrected chi connectivity index (χ0v) is 13.8. The van der Waals surface area contributed by atoms with Crippen molar-refractivity contribution < 1.29 is 4.79 Å². The van der Waals surface area contributed by atoms with Crippen LogP contribution in [0.2, 0.25) is 0 Å². The van der Waals surface area contributed by atoms with Crippen molar-refractivity contribution >= 4 is 34.8 Å². The van der Waals surface area contributed by atoms with Crippen LogP contribution in [0.15, 0.2) is 22.6 Å². The van der Waals surface area contributed by atoms with Crippen molar-refractivity contribution in [2.75, 3.05) is 0 Å². The Balaban J connectivity index is 1.66. The minimum Gasteiger partial charge on any atom is -0.266 e. The molecule has 0 bridgehead atoms. The molecule has 0 unspecified atom stereocenters. The maximum atomic E-state index is 12.1. The van der Waals surface area contributed by atoms with Gasteiger partial charge in [0.1, 0.15) is 0 Å². The van der Waals surface area contributed by atoms with Gasteiger partial charge >= 0.3 is 0 Å². The number of nitrogens with one attached hydrogen (secondary N) is 1. The van der Waals surface area contributed by atoms with Gasteiger partial charge < -0.3 is 0 Å². The van der Waals surface area contributed by atoms with Crippen molar-refractivity contribution in [2.45, 2.75) is 33.1 Å². The highest BCUT2D eigenvalue weighted by atomic mass is 32.1. The molecule has 2 heterocycles. The number of nitrogens with zero attached hydrogens (tertiary/aromatic N) is 1. The third-order valence-electron chi connectivity index (χ3n) is 3.80. The Morgan fingerprint density at radius 3 is 3.14 bits per heavy atom. The first-order valence-corrected chi connectivity index (χ1v) is 8.82. The normalized spacial score (nSPS) is 17.9. The highest BCUT2D eigenvalue weighted by Crippen LogP contribution is 2.32. The lowest BCUT2D eigenvalue weighted by molar-refractivity contribution is 0.0959. The molecule has 0 aliphatic heterocycles. The predicted octanol–water partition coefficient (Wildman–Crippen LogP) is 4.01. The van der Waals surface area contributed by atoms with Crippen LogP contribution < -0.4 is 5.43 Å². The van der Waals surface area contributed by atoms with Crippen LogP contribution in [0.3, 0.4) is 0 Å². The monoisotopic (exact) mass is 318 g/mol. The Morgan fingerprint density at radius 2 is 2.38 bits per heavy atom. The number of hydrogen-bond donors (Lipinski definition) is 1. The van der Waals surface area contributed by atoms with E-state index in [0.717, 1.165) is 28.5 Å². The number of fused-ring (bicyclic) bond motifs is 1. The Kier molecular flexibility index (Phi) is 4.22. The summed E-state index contributed by atoms with van der Waals surface area (Å²) in [4.78, 5) is 15.4. The molecule has 21 heavy (non-hydrogen) atoms. The lowest BCUT2D eigenvalue weighted by atomic mass is 9.90. The van der Waals surface area contributed by atoms with Crippen molar-refractivity contribution in [1.29, 1.82) is 0 Å². The molecule has 2 aromatic heterocycles. The van der Waals surface area contributed by atoms with Crippen molar-refractivity contribution in [3.8, 4) is 0 Å². The maximum absolute atomic E-state index is 12.1. The molecule has 1 aliphatic carbocycles. The molecule has 1 atom stereocenters. The van der Waals surface area contributed by atoms with E-state index in [4.69, 9.17) is 0 Å². The van der Waals surface area contributed by atoms with Gasteiger partial charge in [0.25, 0.3) is 5.91 Å². The van der Waals surface area contributed by atoms with E-state index in [-0.39, 0.29) is 5.91 Å². The first-order chi connectivity index (χ1) is 10.1. The van der Waals surface area contributed by atoms with Crippen LogP contribution in [-0.2, 0) is 12.8 Å². The standard InChI is InChI=1S/C16H18N2OS2/c1-10-3-4-13-12(7-10)8-14(21-13)16(19)18-17-9-15-11(2)5-6-20-15/h5-6,8-10H,3-4,7H2,1-2H3,(H,18,19)/b17-9-/t10-/m1/s1. The average Bonchev–Trinajstić information content (AvgIpc) is 3.05. The van der Waals surface area contributed by atoms with Gasteiger partial charge in [-0.05, 0) is 60.7 Å². The summed E-state index contributed by atoms with van der Waals surface area (Å²) in [6, 6.07) is 4.08. The molecule has 1 N–H and O–H groups in total. The molecule has 1 amide bonds. The number of hydrogen-bond acceptors (Lipinski definition) is 4. The predicted molar refractivity (Wildman–Crippen MR) is 89.6 cm³/mol. The SMILES string of the molecule is Cc1ccsc1/C=N\NC(=O)c1cc2c(s1)CC[C@@H](C)C2. The van der Waals surface area contributed by atoms with E-state index >= 15 is 0 Å². The van der Waals surface area contributed by atoms with Gasteiger partial charge in [0.2, 0.25) is 0 Å². The summed E-state index contributed by atoms with van der Waals surface area (Å²) in [6.45, 7) is 4.31. The molecule has 110 valence electrons. The van der Waals surface area contributed by atoms with Crippen LogP contribution in [-0.4, -0.2) is 12.1 Å². The molecular formula is C16H18N2OS2. The zero-order chi connectivity index (χ0) is 14.8. The molecule has 0 saturated heterocycles. The Bertz CT molecular complexity index is 684. The van der Waals surface area contributed by atoms with Crippen molar-refractivity contribution in [2.24, 2.45) is 11.0 Å². The molecule has 5 heteroatoms. The molecule has 1 aliphatic rings. The van der Waals surface area contributed by atoms with Crippen molar-refractivity contribution in [1.82, 2.24) is 5.43 Å². The number of rotatable bonds is 3. The summed E-state index contributed by atoms with van der Waals surface area (Å²) in [5, 5.41) is 6.09. The number of amides is 1. The third-order valence-corrected chi connectivity index (χ3v) is 5.99. The van der Waals surface area contributed by atoms with Gasteiger partial charge in [-0.25, -0.2) is 5.43 Å². The fourth-order valence-electron chi connectivity index (χ4n) is 2.54. The van der Waals surface area contributed by atoms with E-state index in [1.165, 1.54) is 22.4 Å². The van der Waals surface area contributed by atoms with Crippen LogP contribution in [0, 0.1) is 12.8 Å². The second-order valence-corrected chi connectivity index (χ2v) is 7.66. The minimum atomic E-state index is -0.104. The topological polar surface area (TPSA) is 41.5 Å². The largest absolute Gasteiger partial charge is 0.281 e. The zero-order valence-electron chi connectivity index (χ0n) is 12.2. The molecule has 2 aromatic rings. The van der Waals surface area contributed by atoms with Gasteiger partial charge in [-0.1, -0.05) is 6.92 Å². The summed E-state index contributed by atoms with van der Waals surface area (Å²) in [7, 11) is 0. The fourth-order valence-corrected chi connectivity index (χ4v) is 4.42. The Morgan fingerprint density at radius 1 is 1.52 bits per heavy atom. The fraction of sp³-hybridized carbons (Fsp3) is 0.375. The molecule has 0 saturated carbocycles. The molecule has 3 rings (SSSR count). The van der Waals surface area contributed by atoms with E-state index in [0.29, 0.717) is 0 Å². The van der Waals surface area contributed by atoms with Crippen LogP contribution in [0.25, 0.3) is 0 Å². The molecule has 0 spiro atoms. The van der Waals surface area contributed by atoms with E-state index in [2.05, 4.69) is 17.5 Å². The second-order valence-electron chi connectivity index (χ2n) is 5.57. The van der Waals surface area contributed by atoms with Crippen LogP contribution >= 0.6 is 22.7 Å². The smallest absolute Gasteiger partial charge is 0.266 e. The van der Waals surface area contributed by atoms with Crippen LogP contribution in [0.5, 0.6) is 0 Å².